The Balaban J connectivity index is 1.63. The summed E-state index contributed by atoms with van der Waals surface area (Å²) in [4.78, 5) is 35.4. The smallest absolute Gasteiger partial charge is 0.313 e. The van der Waals surface area contributed by atoms with Crippen molar-refractivity contribution >= 4 is 17.7 Å². The van der Waals surface area contributed by atoms with E-state index in [4.69, 9.17) is 14.9 Å². The predicted octanol–water partition coefficient (Wildman–Crippen LogP) is 2.64. The molecule has 1 fully saturated rings. The maximum Gasteiger partial charge on any atom is 0.313 e. The van der Waals surface area contributed by atoms with Gasteiger partial charge in [0.05, 0.1) is 24.7 Å². The standard InChI is InChI=1S/C31H46O9/c32-20-23(21-33)18-25(35)15-17-31(39)40-30(38)11-7-2-1-6-10-26-27(29(37)19-28(26)36)16-14-24(34)13-12-22-8-4-3-5-9-22/h1,3-6,8-9,23-24,26-29,32-34,36-37H,2,7,10-21H2/b6-1-/t24-,26+,27+,28-,29+/m0/s1. The summed E-state index contributed by atoms with van der Waals surface area (Å²) in [5.74, 6) is -2.45. The molecule has 0 saturated heterocycles. The van der Waals surface area contributed by atoms with Gasteiger partial charge in [-0.1, -0.05) is 42.5 Å². The fraction of sp³-hybridized carbons (Fsp3) is 0.645. The third-order valence-corrected chi connectivity index (χ3v) is 7.66. The number of unbranched alkanes of at least 4 members (excludes halogenated alkanes) is 1. The third kappa shape index (κ3) is 12.8. The summed E-state index contributed by atoms with van der Waals surface area (Å²) in [5, 5.41) is 49.4. The molecule has 9 nitrogen and oxygen atoms in total. The van der Waals surface area contributed by atoms with Crippen molar-refractivity contribution in [3.05, 3.63) is 48.0 Å². The Kier molecular flexibility index (Phi) is 15.9. The van der Waals surface area contributed by atoms with E-state index in [1.165, 1.54) is 5.56 Å². The summed E-state index contributed by atoms with van der Waals surface area (Å²) in [6, 6.07) is 10.00. The van der Waals surface area contributed by atoms with Crippen molar-refractivity contribution in [1.82, 2.24) is 0 Å². The highest BCUT2D eigenvalue weighted by Crippen LogP contribution is 2.38. The zero-order valence-electron chi connectivity index (χ0n) is 23.3. The molecular weight excluding hydrogens is 516 g/mol. The molecule has 0 aliphatic heterocycles. The highest BCUT2D eigenvalue weighted by atomic mass is 16.6. The van der Waals surface area contributed by atoms with Gasteiger partial charge in [-0.05, 0) is 68.8 Å². The number of benzene rings is 1. The van der Waals surface area contributed by atoms with E-state index in [9.17, 15) is 29.7 Å². The minimum Gasteiger partial charge on any atom is -0.396 e. The quantitative estimate of drug-likeness (QED) is 0.0739. The number of aryl methyl sites for hydroxylation is 1. The Morgan fingerprint density at radius 2 is 1.57 bits per heavy atom. The van der Waals surface area contributed by atoms with Crippen LogP contribution in [-0.2, 0) is 25.5 Å². The number of allylic oxidation sites excluding steroid dienone is 2. The first-order valence-electron chi connectivity index (χ1n) is 14.4. The Labute approximate surface area is 236 Å². The molecule has 40 heavy (non-hydrogen) atoms. The number of carbonyl (C=O) groups excluding carboxylic acids is 3. The van der Waals surface area contributed by atoms with Gasteiger partial charge in [-0.2, -0.15) is 0 Å². The topological polar surface area (TPSA) is 162 Å². The van der Waals surface area contributed by atoms with Gasteiger partial charge in [0.1, 0.15) is 5.78 Å². The fourth-order valence-corrected chi connectivity index (χ4v) is 5.23. The SMILES string of the molecule is O=C(CCC(=O)OC(=O)CCC/C=C\C[C@@H]1[C@@H](CC[C@@H](O)CCc2ccccc2)[C@H](O)C[C@@H]1O)CC(CO)CO. The second-order valence-electron chi connectivity index (χ2n) is 10.9. The van der Waals surface area contributed by atoms with Gasteiger partial charge in [0, 0.05) is 38.4 Å². The van der Waals surface area contributed by atoms with Crippen molar-refractivity contribution in [2.45, 2.75) is 95.4 Å². The number of aliphatic hydroxyl groups is 5. The number of hydrogen-bond acceptors (Lipinski definition) is 9. The number of hydrogen-bond donors (Lipinski definition) is 5. The van der Waals surface area contributed by atoms with Crippen LogP contribution in [0.1, 0.15) is 76.2 Å². The van der Waals surface area contributed by atoms with Gasteiger partial charge in [-0.15, -0.1) is 0 Å². The van der Waals surface area contributed by atoms with Gasteiger partial charge in [0.25, 0.3) is 0 Å². The monoisotopic (exact) mass is 562 g/mol. The number of ether oxygens (including phenoxy) is 1. The lowest BCUT2D eigenvalue weighted by Gasteiger charge is -2.23. The lowest BCUT2D eigenvalue weighted by atomic mass is 9.85. The molecule has 1 aliphatic carbocycles. The highest BCUT2D eigenvalue weighted by Gasteiger charge is 2.40. The molecule has 0 amide bonds. The molecule has 1 aromatic carbocycles. The first-order chi connectivity index (χ1) is 19.2. The van der Waals surface area contributed by atoms with Crippen LogP contribution >= 0.6 is 0 Å². The summed E-state index contributed by atoms with van der Waals surface area (Å²) >= 11 is 0. The lowest BCUT2D eigenvalue weighted by molar-refractivity contribution is -0.160. The molecule has 0 unspecified atom stereocenters. The molecule has 0 bridgehead atoms. The number of Topliss-reactive ketones (excluding diaryl/α,β-unsaturated/α-hetero) is 1. The maximum atomic E-state index is 11.9. The third-order valence-electron chi connectivity index (χ3n) is 7.66. The Hall–Kier alpha value is -2.43. The Bertz CT molecular complexity index is 913. The van der Waals surface area contributed by atoms with E-state index < -0.39 is 36.2 Å². The molecule has 2 rings (SSSR count). The molecule has 1 aromatic rings. The molecule has 0 spiro atoms. The van der Waals surface area contributed by atoms with Crippen LogP contribution in [0.2, 0.25) is 0 Å². The van der Waals surface area contributed by atoms with Crippen LogP contribution < -0.4 is 0 Å². The molecule has 9 heteroatoms. The van der Waals surface area contributed by atoms with Gasteiger partial charge >= 0.3 is 11.9 Å². The average molecular weight is 563 g/mol. The van der Waals surface area contributed by atoms with Crippen molar-refractivity contribution in [3.63, 3.8) is 0 Å². The van der Waals surface area contributed by atoms with Gasteiger partial charge < -0.3 is 30.3 Å². The summed E-state index contributed by atoms with van der Waals surface area (Å²) < 4.78 is 4.74. The number of aliphatic hydroxyl groups excluding tert-OH is 5. The Morgan fingerprint density at radius 1 is 0.900 bits per heavy atom. The fourth-order valence-electron chi connectivity index (χ4n) is 5.23. The van der Waals surface area contributed by atoms with E-state index in [0.29, 0.717) is 44.9 Å². The van der Waals surface area contributed by atoms with Crippen molar-refractivity contribution in [2.75, 3.05) is 13.2 Å². The van der Waals surface area contributed by atoms with E-state index >= 15 is 0 Å². The van der Waals surface area contributed by atoms with Gasteiger partial charge in [0.15, 0.2) is 0 Å². The van der Waals surface area contributed by atoms with E-state index in [0.717, 1.165) is 6.42 Å². The second kappa shape index (κ2) is 18.8. The summed E-state index contributed by atoms with van der Waals surface area (Å²) in [7, 11) is 0. The number of esters is 2. The van der Waals surface area contributed by atoms with Crippen LogP contribution in [-0.4, -0.2) is 74.8 Å². The molecule has 224 valence electrons. The maximum absolute atomic E-state index is 11.9. The predicted molar refractivity (Wildman–Crippen MR) is 149 cm³/mol. The normalized spacial score (nSPS) is 21.6. The second-order valence-corrected chi connectivity index (χ2v) is 10.9. The van der Waals surface area contributed by atoms with E-state index in [-0.39, 0.29) is 56.5 Å². The van der Waals surface area contributed by atoms with Gasteiger partial charge in [-0.25, -0.2) is 0 Å². The highest BCUT2D eigenvalue weighted by molar-refractivity contribution is 5.88. The molecule has 0 aromatic heterocycles. The summed E-state index contributed by atoms with van der Waals surface area (Å²) in [5.41, 5.74) is 1.18. The largest absolute Gasteiger partial charge is 0.396 e. The van der Waals surface area contributed by atoms with Crippen LogP contribution in [0.25, 0.3) is 0 Å². The molecule has 1 saturated carbocycles. The number of rotatable bonds is 19. The molecule has 1 aliphatic rings. The van der Waals surface area contributed by atoms with Crippen LogP contribution in [0.3, 0.4) is 0 Å². The number of carbonyl (C=O) groups is 3. The zero-order chi connectivity index (χ0) is 29.3. The molecule has 5 atom stereocenters. The van der Waals surface area contributed by atoms with Gasteiger partial charge in [-0.3, -0.25) is 14.4 Å². The van der Waals surface area contributed by atoms with Crippen molar-refractivity contribution in [3.8, 4) is 0 Å². The van der Waals surface area contributed by atoms with Crippen molar-refractivity contribution < 1.29 is 44.7 Å². The Morgan fingerprint density at radius 3 is 2.27 bits per heavy atom. The zero-order valence-corrected chi connectivity index (χ0v) is 23.3. The minimum atomic E-state index is -0.775. The average Bonchev–Trinajstić information content (AvgIpc) is 3.21. The summed E-state index contributed by atoms with van der Waals surface area (Å²) in [6.07, 6.45) is 6.52. The molecule has 5 N–H and O–H groups in total. The summed E-state index contributed by atoms with van der Waals surface area (Å²) in [6.45, 7) is -0.633. The van der Waals surface area contributed by atoms with Crippen LogP contribution in [0.4, 0.5) is 0 Å². The minimum absolute atomic E-state index is 0.0329. The van der Waals surface area contributed by atoms with Gasteiger partial charge in [0.2, 0.25) is 0 Å². The molecule has 0 radical (unpaired) electrons. The molecular formula is C31H46O9. The van der Waals surface area contributed by atoms with E-state index in [2.05, 4.69) is 0 Å². The van der Waals surface area contributed by atoms with Crippen molar-refractivity contribution in [2.24, 2.45) is 17.8 Å². The lowest BCUT2D eigenvalue weighted by Crippen LogP contribution is -2.23. The van der Waals surface area contributed by atoms with E-state index in [1.807, 2.05) is 42.5 Å². The number of ketones is 1. The van der Waals surface area contributed by atoms with Crippen LogP contribution in [0.5, 0.6) is 0 Å². The van der Waals surface area contributed by atoms with E-state index in [1.54, 1.807) is 0 Å². The van der Waals surface area contributed by atoms with Crippen molar-refractivity contribution in [1.29, 1.82) is 0 Å². The molecule has 0 heterocycles. The van der Waals surface area contributed by atoms with Crippen LogP contribution in [0.15, 0.2) is 42.5 Å². The first-order valence-corrected chi connectivity index (χ1v) is 14.4. The van der Waals surface area contributed by atoms with Crippen LogP contribution in [0, 0.1) is 17.8 Å². The first kappa shape index (κ1) is 33.8.